The molecule has 0 amide bonds. The molecule has 0 saturated carbocycles. The first-order valence-electron chi connectivity index (χ1n) is 8.87. The van der Waals surface area contributed by atoms with Gasteiger partial charge >= 0.3 is 0 Å². The largest absolute Gasteiger partial charge is 0.330 e. The van der Waals surface area contributed by atoms with E-state index in [4.69, 9.17) is 10.8 Å². The van der Waals surface area contributed by atoms with Crippen LogP contribution >= 0.6 is 23.1 Å². The van der Waals surface area contributed by atoms with Crippen LogP contribution in [0.25, 0.3) is 0 Å². The molecule has 1 atom stereocenters. The lowest BCUT2D eigenvalue weighted by atomic mass is 10.0. The highest BCUT2D eigenvalue weighted by Crippen LogP contribution is 2.52. The van der Waals surface area contributed by atoms with Gasteiger partial charge in [0.2, 0.25) is 5.13 Å². The Labute approximate surface area is 170 Å². The van der Waals surface area contributed by atoms with Gasteiger partial charge in [0, 0.05) is 12.4 Å². The Morgan fingerprint density at radius 1 is 1.18 bits per heavy atom. The molecule has 2 N–H and O–H groups in total. The molecule has 0 saturated heterocycles. The molecule has 1 unspecified atom stereocenters. The van der Waals surface area contributed by atoms with Gasteiger partial charge in [0.15, 0.2) is 0 Å². The van der Waals surface area contributed by atoms with Crippen LogP contribution in [0.5, 0.6) is 0 Å². The summed E-state index contributed by atoms with van der Waals surface area (Å²) in [4.78, 5) is 3.50. The summed E-state index contributed by atoms with van der Waals surface area (Å²) in [6, 6.07) is 11.4. The van der Waals surface area contributed by atoms with E-state index in [2.05, 4.69) is 27.3 Å². The number of rotatable bonds is 6. The quantitative estimate of drug-likeness (QED) is 0.659. The average Bonchev–Trinajstić information content (AvgIpc) is 3.32. The second kappa shape index (κ2) is 7.94. The van der Waals surface area contributed by atoms with Crippen molar-refractivity contribution in [2.24, 2.45) is 10.8 Å². The van der Waals surface area contributed by atoms with Crippen molar-refractivity contribution in [1.82, 2.24) is 15.2 Å². The lowest BCUT2D eigenvalue weighted by Crippen LogP contribution is -2.38. The molecular formula is C19H19FN6S2. The number of hydrogen-bond donors (Lipinski definition) is 1. The van der Waals surface area contributed by atoms with Crippen LogP contribution in [0.15, 0.2) is 53.9 Å². The predicted octanol–water partition coefficient (Wildman–Crippen LogP) is 3.89. The number of aryl methyl sites for hydroxylation is 1. The summed E-state index contributed by atoms with van der Waals surface area (Å²) in [7, 11) is 0. The summed E-state index contributed by atoms with van der Waals surface area (Å²) in [5.74, 6) is -0.350. The van der Waals surface area contributed by atoms with Crippen molar-refractivity contribution >= 4 is 33.3 Å². The monoisotopic (exact) mass is 414 g/mol. The topological polar surface area (TPSA) is 80.3 Å². The van der Waals surface area contributed by atoms with Gasteiger partial charge in [0.25, 0.3) is 0 Å². The summed E-state index contributed by atoms with van der Waals surface area (Å²) in [6.07, 6.45) is 4.46. The minimum atomic E-state index is -0.579. The van der Waals surface area contributed by atoms with Crippen molar-refractivity contribution in [3.05, 3.63) is 70.7 Å². The molecule has 6 nitrogen and oxygen atoms in total. The maximum absolute atomic E-state index is 14.5. The van der Waals surface area contributed by atoms with Crippen LogP contribution in [-0.4, -0.2) is 26.8 Å². The molecule has 0 fully saturated rings. The van der Waals surface area contributed by atoms with Crippen LogP contribution in [0.1, 0.15) is 29.0 Å². The lowest BCUT2D eigenvalue weighted by Gasteiger charge is -2.35. The molecule has 3 aromatic rings. The number of halogens is 1. The second-order valence-electron chi connectivity index (χ2n) is 6.32. The number of hydrazone groups is 1. The number of hydrogen-bond acceptors (Lipinski definition) is 8. The number of thioether (sulfide) groups is 1. The van der Waals surface area contributed by atoms with Gasteiger partial charge in [-0.1, -0.05) is 53.4 Å². The second-order valence-corrected chi connectivity index (χ2v) is 8.75. The molecule has 1 aliphatic rings. The summed E-state index contributed by atoms with van der Waals surface area (Å²) >= 11 is 2.97. The zero-order valence-corrected chi connectivity index (χ0v) is 16.9. The zero-order valence-electron chi connectivity index (χ0n) is 15.2. The van der Waals surface area contributed by atoms with Crippen molar-refractivity contribution < 1.29 is 4.39 Å². The molecule has 9 heteroatoms. The summed E-state index contributed by atoms with van der Waals surface area (Å²) in [5.41, 5.74) is 7.28. The average molecular weight is 415 g/mol. The van der Waals surface area contributed by atoms with Crippen LogP contribution in [-0.2, 0) is 4.87 Å². The van der Waals surface area contributed by atoms with Crippen molar-refractivity contribution in [3.63, 3.8) is 0 Å². The van der Waals surface area contributed by atoms with Crippen molar-refractivity contribution in [2.75, 3.05) is 11.6 Å². The first-order chi connectivity index (χ1) is 13.6. The summed E-state index contributed by atoms with van der Waals surface area (Å²) in [5, 5.41) is 17.2. The molecule has 0 radical (unpaired) electrons. The van der Waals surface area contributed by atoms with Gasteiger partial charge in [0.1, 0.15) is 20.7 Å². The highest BCUT2D eigenvalue weighted by molar-refractivity contribution is 8.15. The van der Waals surface area contributed by atoms with Crippen molar-refractivity contribution in [3.8, 4) is 0 Å². The maximum Gasteiger partial charge on any atom is 0.230 e. The molecule has 4 rings (SSSR count). The van der Waals surface area contributed by atoms with E-state index in [1.54, 1.807) is 0 Å². The molecule has 144 valence electrons. The van der Waals surface area contributed by atoms with Crippen LogP contribution in [0.3, 0.4) is 0 Å². The first kappa shape index (κ1) is 19.0. The van der Waals surface area contributed by atoms with Crippen LogP contribution in [0.2, 0.25) is 0 Å². The Morgan fingerprint density at radius 2 is 2.00 bits per heavy atom. The maximum atomic E-state index is 14.5. The van der Waals surface area contributed by atoms with Gasteiger partial charge < -0.3 is 5.73 Å². The number of aromatic nitrogens is 3. The molecule has 3 heterocycles. The third-order valence-electron chi connectivity index (χ3n) is 4.44. The van der Waals surface area contributed by atoms with E-state index >= 15 is 0 Å². The van der Waals surface area contributed by atoms with Crippen LogP contribution in [0.4, 0.5) is 9.52 Å². The molecule has 1 aliphatic heterocycles. The third-order valence-corrected chi connectivity index (χ3v) is 6.70. The number of anilines is 1. The number of nitrogens with two attached hydrogens (primary N) is 1. The fourth-order valence-corrected chi connectivity index (χ4v) is 5.32. The van der Waals surface area contributed by atoms with Gasteiger partial charge in [-0.05, 0) is 37.9 Å². The van der Waals surface area contributed by atoms with Gasteiger partial charge in [-0.2, -0.15) is 5.10 Å². The Morgan fingerprint density at radius 3 is 2.68 bits per heavy atom. The third kappa shape index (κ3) is 3.41. The number of benzene rings is 1. The highest BCUT2D eigenvalue weighted by atomic mass is 32.2. The Hall–Kier alpha value is -2.36. The van der Waals surface area contributed by atoms with E-state index in [9.17, 15) is 4.39 Å². The minimum absolute atomic E-state index is 0.350. The molecule has 28 heavy (non-hydrogen) atoms. The van der Waals surface area contributed by atoms with E-state index in [0.29, 0.717) is 22.3 Å². The Balaban J connectivity index is 1.87. The zero-order chi connectivity index (χ0) is 19.6. The van der Waals surface area contributed by atoms with Crippen LogP contribution in [0, 0.1) is 12.7 Å². The molecule has 0 bridgehead atoms. The van der Waals surface area contributed by atoms with E-state index in [-0.39, 0.29) is 5.82 Å². The standard InChI is InChI=1S/C19H19FN6S2/c1-13-23-24-18(27-13)26-19(9-5-10-21,14-6-3-2-4-7-14)28-17(25-26)15-12-22-11-8-16(15)20/h2-4,6-8,11-12H,5,9-10,21H2,1H3. The highest BCUT2D eigenvalue weighted by Gasteiger charge is 2.47. The Bertz CT molecular complexity index is 993. The molecule has 0 spiro atoms. The summed E-state index contributed by atoms with van der Waals surface area (Å²) in [6.45, 7) is 2.45. The molecule has 1 aromatic carbocycles. The minimum Gasteiger partial charge on any atom is -0.330 e. The molecule has 2 aromatic heterocycles. The lowest BCUT2D eigenvalue weighted by molar-refractivity contribution is 0.525. The van der Waals surface area contributed by atoms with Gasteiger partial charge in [-0.15, -0.1) is 10.2 Å². The SMILES string of the molecule is Cc1nnc(N2N=C(c3cnccc3F)SC2(CCCN)c2ccccc2)s1. The van der Waals surface area contributed by atoms with E-state index in [1.807, 2.05) is 30.1 Å². The van der Waals surface area contributed by atoms with E-state index in [0.717, 1.165) is 23.4 Å². The molecule has 0 aliphatic carbocycles. The van der Waals surface area contributed by atoms with Gasteiger partial charge in [-0.25, -0.2) is 9.40 Å². The molecular weight excluding hydrogens is 395 g/mol. The number of pyridine rings is 1. The van der Waals surface area contributed by atoms with E-state index < -0.39 is 4.87 Å². The summed E-state index contributed by atoms with van der Waals surface area (Å²) < 4.78 is 14.5. The normalized spacial score (nSPS) is 19.1. The number of nitrogens with zero attached hydrogens (tertiary/aromatic N) is 5. The fraction of sp³-hybridized carbons (Fsp3) is 0.263. The Kier molecular flexibility index (Phi) is 5.38. The fourth-order valence-electron chi connectivity index (χ4n) is 3.13. The van der Waals surface area contributed by atoms with Crippen molar-refractivity contribution in [2.45, 2.75) is 24.6 Å². The van der Waals surface area contributed by atoms with E-state index in [1.165, 1.54) is 41.6 Å². The smallest absolute Gasteiger partial charge is 0.230 e. The van der Waals surface area contributed by atoms with Gasteiger partial charge in [0.05, 0.1) is 5.56 Å². The first-order valence-corrected chi connectivity index (χ1v) is 10.5. The van der Waals surface area contributed by atoms with Crippen molar-refractivity contribution in [1.29, 1.82) is 0 Å². The predicted molar refractivity (Wildman–Crippen MR) is 112 cm³/mol. The van der Waals surface area contributed by atoms with Crippen LogP contribution < -0.4 is 10.7 Å². The van der Waals surface area contributed by atoms with Gasteiger partial charge in [-0.3, -0.25) is 4.98 Å².